The molecule has 0 aliphatic carbocycles. The smallest absolute Gasteiger partial charge is 0.422 e. The number of aliphatic hydroxyl groups is 1. The highest BCUT2D eigenvalue weighted by Crippen LogP contribution is 2.42. The third kappa shape index (κ3) is 3.01. The van der Waals surface area contributed by atoms with Crippen LogP contribution >= 0.6 is 0 Å². The van der Waals surface area contributed by atoms with Gasteiger partial charge in [0.25, 0.3) is 0 Å². The number of nitrogens with two attached hydrogens (primary N) is 1. The van der Waals surface area contributed by atoms with Gasteiger partial charge in [0.2, 0.25) is 5.60 Å². The van der Waals surface area contributed by atoms with Crippen LogP contribution in [0.25, 0.3) is 0 Å². The summed E-state index contributed by atoms with van der Waals surface area (Å²) < 4.78 is 44.8. The molecule has 0 fully saturated rings. The van der Waals surface area contributed by atoms with Crippen LogP contribution in [0.15, 0.2) is 54.6 Å². The number of hydrogen-bond donors (Lipinski definition) is 2. The summed E-state index contributed by atoms with van der Waals surface area (Å²) in [5.41, 5.74) is 1.59. The second-order valence-corrected chi connectivity index (χ2v) is 4.47. The molecule has 3 nitrogen and oxygen atoms in total. The Morgan fingerprint density at radius 2 is 1.52 bits per heavy atom. The van der Waals surface area contributed by atoms with Gasteiger partial charge in [0, 0.05) is 12.1 Å². The molecule has 1 unspecified atom stereocenters. The summed E-state index contributed by atoms with van der Waals surface area (Å²) in [4.78, 5) is 0. The van der Waals surface area contributed by atoms with Crippen LogP contribution in [0.4, 0.5) is 13.2 Å². The zero-order chi connectivity index (χ0) is 15.5. The Balaban J connectivity index is 2.46. The van der Waals surface area contributed by atoms with Gasteiger partial charge in [-0.05, 0) is 18.2 Å². The van der Waals surface area contributed by atoms with E-state index in [2.05, 4.69) is 0 Å². The van der Waals surface area contributed by atoms with E-state index in [0.29, 0.717) is 5.75 Å². The number of ether oxygens (including phenoxy) is 1. The van der Waals surface area contributed by atoms with Crippen molar-refractivity contribution >= 4 is 0 Å². The van der Waals surface area contributed by atoms with Gasteiger partial charge in [-0.25, -0.2) is 0 Å². The molecule has 0 amide bonds. The van der Waals surface area contributed by atoms with Gasteiger partial charge < -0.3 is 15.6 Å². The van der Waals surface area contributed by atoms with Crippen LogP contribution in [0, 0.1) is 0 Å². The van der Waals surface area contributed by atoms with Crippen LogP contribution in [0.1, 0.15) is 5.56 Å². The minimum absolute atomic E-state index is 0.0889. The predicted molar refractivity (Wildman–Crippen MR) is 72.0 cm³/mol. The predicted octanol–water partition coefficient (Wildman–Crippen LogP) is 3.19. The lowest BCUT2D eigenvalue weighted by Crippen LogP contribution is -2.48. The van der Waals surface area contributed by atoms with E-state index >= 15 is 0 Å². The van der Waals surface area contributed by atoms with Crippen molar-refractivity contribution in [2.75, 3.05) is 6.54 Å². The molecule has 21 heavy (non-hydrogen) atoms. The lowest BCUT2D eigenvalue weighted by atomic mass is 9.92. The lowest BCUT2D eigenvalue weighted by molar-refractivity contribution is -0.262. The van der Waals surface area contributed by atoms with E-state index in [9.17, 15) is 18.3 Å². The first kappa shape index (κ1) is 15.3. The van der Waals surface area contributed by atoms with Crippen molar-refractivity contribution in [2.45, 2.75) is 11.8 Å². The molecule has 0 saturated heterocycles. The first-order valence-electron chi connectivity index (χ1n) is 6.20. The van der Waals surface area contributed by atoms with Crippen LogP contribution in [-0.2, 0) is 5.60 Å². The lowest BCUT2D eigenvalue weighted by Gasteiger charge is -2.30. The van der Waals surface area contributed by atoms with Crippen LogP contribution in [0.5, 0.6) is 11.5 Å². The summed E-state index contributed by atoms with van der Waals surface area (Å²) in [5.74, 6) is 0.278. The summed E-state index contributed by atoms with van der Waals surface area (Å²) in [6, 6.07) is 13.8. The molecule has 1 atom stereocenters. The van der Waals surface area contributed by atoms with Gasteiger partial charge in [-0.15, -0.1) is 0 Å². The van der Waals surface area contributed by atoms with E-state index in [4.69, 9.17) is 10.5 Å². The highest BCUT2D eigenvalue weighted by Gasteiger charge is 2.55. The van der Waals surface area contributed by atoms with E-state index in [1.807, 2.05) is 0 Å². The van der Waals surface area contributed by atoms with E-state index in [1.54, 1.807) is 30.3 Å². The first-order valence-corrected chi connectivity index (χ1v) is 6.20. The molecule has 112 valence electrons. The molecule has 0 spiro atoms. The molecule has 0 bridgehead atoms. The number of hydrogen-bond acceptors (Lipinski definition) is 3. The number of para-hydroxylation sites is 2. The van der Waals surface area contributed by atoms with E-state index in [0.717, 1.165) is 6.07 Å². The Morgan fingerprint density at radius 1 is 0.952 bits per heavy atom. The summed E-state index contributed by atoms with van der Waals surface area (Å²) in [7, 11) is 0. The summed E-state index contributed by atoms with van der Waals surface area (Å²) in [6.45, 7) is -0.994. The minimum Gasteiger partial charge on any atom is -0.457 e. The van der Waals surface area contributed by atoms with Crippen LogP contribution in [0.3, 0.4) is 0 Å². The number of halogens is 3. The maximum Gasteiger partial charge on any atom is 0.422 e. The van der Waals surface area contributed by atoms with Gasteiger partial charge in [0.1, 0.15) is 11.5 Å². The largest absolute Gasteiger partial charge is 0.457 e. The van der Waals surface area contributed by atoms with Crippen molar-refractivity contribution in [3.05, 3.63) is 60.2 Å². The molecule has 0 heterocycles. The van der Waals surface area contributed by atoms with Crippen LogP contribution in [0.2, 0.25) is 0 Å². The van der Waals surface area contributed by atoms with Crippen LogP contribution in [-0.4, -0.2) is 17.8 Å². The van der Waals surface area contributed by atoms with Gasteiger partial charge in [-0.2, -0.15) is 13.2 Å². The molecule has 0 saturated carbocycles. The maximum absolute atomic E-state index is 13.1. The summed E-state index contributed by atoms with van der Waals surface area (Å²) >= 11 is 0. The highest BCUT2D eigenvalue weighted by molar-refractivity contribution is 5.42. The zero-order valence-corrected chi connectivity index (χ0v) is 11.0. The van der Waals surface area contributed by atoms with Crippen molar-refractivity contribution in [1.29, 1.82) is 0 Å². The summed E-state index contributed by atoms with van der Waals surface area (Å²) in [5, 5.41) is 9.96. The Hall–Kier alpha value is -2.05. The molecule has 2 aromatic carbocycles. The number of rotatable bonds is 4. The Kier molecular flexibility index (Phi) is 4.20. The average Bonchev–Trinajstić information content (AvgIpc) is 2.47. The maximum atomic E-state index is 13.1. The van der Waals surface area contributed by atoms with E-state index in [1.165, 1.54) is 18.2 Å². The van der Waals surface area contributed by atoms with Crippen molar-refractivity contribution in [1.82, 2.24) is 0 Å². The van der Waals surface area contributed by atoms with Crippen molar-refractivity contribution in [3.8, 4) is 11.5 Å². The van der Waals surface area contributed by atoms with Gasteiger partial charge in [-0.1, -0.05) is 36.4 Å². The highest BCUT2D eigenvalue weighted by atomic mass is 19.4. The molecule has 2 aromatic rings. The minimum atomic E-state index is -4.90. The Morgan fingerprint density at radius 3 is 2.10 bits per heavy atom. The zero-order valence-electron chi connectivity index (χ0n) is 11.0. The molecule has 0 radical (unpaired) electrons. The third-order valence-electron chi connectivity index (χ3n) is 3.07. The molecular formula is C15H14F3NO2. The Labute approximate surface area is 119 Å². The number of alkyl halides is 3. The molecule has 0 aromatic heterocycles. The normalized spacial score (nSPS) is 14.5. The SMILES string of the molecule is NCC(O)(c1ccccc1Oc1ccccc1)C(F)(F)F. The van der Waals surface area contributed by atoms with Crippen LogP contribution < -0.4 is 10.5 Å². The first-order chi connectivity index (χ1) is 9.88. The summed E-state index contributed by atoms with van der Waals surface area (Å²) in [6.07, 6.45) is -4.90. The van der Waals surface area contributed by atoms with Gasteiger partial charge in [-0.3, -0.25) is 0 Å². The molecule has 0 aliphatic rings. The van der Waals surface area contributed by atoms with Gasteiger partial charge in [0.05, 0.1) is 0 Å². The van der Waals surface area contributed by atoms with Crippen molar-refractivity contribution in [2.24, 2.45) is 5.73 Å². The topological polar surface area (TPSA) is 55.5 Å². The number of benzene rings is 2. The fourth-order valence-electron chi connectivity index (χ4n) is 1.89. The van der Waals surface area contributed by atoms with E-state index < -0.39 is 23.9 Å². The molecule has 6 heteroatoms. The quantitative estimate of drug-likeness (QED) is 0.911. The van der Waals surface area contributed by atoms with Crippen molar-refractivity contribution < 1.29 is 23.0 Å². The standard InChI is InChI=1S/C15H14F3NO2/c16-15(17,18)14(20,10-19)12-8-4-5-9-13(12)21-11-6-2-1-3-7-11/h1-9,20H,10,19H2. The third-order valence-corrected chi connectivity index (χ3v) is 3.07. The fraction of sp³-hybridized carbons (Fsp3) is 0.200. The molecule has 2 rings (SSSR count). The van der Waals surface area contributed by atoms with Crippen molar-refractivity contribution in [3.63, 3.8) is 0 Å². The van der Waals surface area contributed by atoms with Gasteiger partial charge >= 0.3 is 6.18 Å². The second-order valence-electron chi connectivity index (χ2n) is 4.47. The second kappa shape index (κ2) is 5.75. The average molecular weight is 297 g/mol. The van der Waals surface area contributed by atoms with E-state index in [-0.39, 0.29) is 5.75 Å². The van der Waals surface area contributed by atoms with Gasteiger partial charge in [0.15, 0.2) is 0 Å². The molecule has 3 N–H and O–H groups in total. The monoisotopic (exact) mass is 297 g/mol. The fourth-order valence-corrected chi connectivity index (χ4v) is 1.89. The molecular weight excluding hydrogens is 283 g/mol. The molecule has 0 aliphatic heterocycles. The Bertz CT molecular complexity index is 601.